The molecule has 2 amide bonds. The van der Waals surface area contributed by atoms with Gasteiger partial charge in [-0.1, -0.05) is 55.4 Å². The zero-order chi connectivity index (χ0) is 28.9. The maximum absolute atomic E-state index is 12.8. The van der Waals surface area contributed by atoms with E-state index in [4.69, 9.17) is 0 Å². The summed E-state index contributed by atoms with van der Waals surface area (Å²) in [6.45, 7) is 15.9. The van der Waals surface area contributed by atoms with Crippen LogP contribution in [0.2, 0.25) is 0 Å². The first-order valence-electron chi connectivity index (χ1n) is 13.5. The Morgan fingerprint density at radius 3 is 1.16 bits per heavy atom. The fourth-order valence-corrected chi connectivity index (χ4v) is 3.92. The molecule has 3 atom stereocenters. The normalized spacial score (nSPS) is 14.0. The summed E-state index contributed by atoms with van der Waals surface area (Å²) >= 11 is 0. The van der Waals surface area contributed by atoms with Gasteiger partial charge >= 0.3 is 0 Å². The molecule has 0 saturated heterocycles. The van der Waals surface area contributed by atoms with Crippen LogP contribution in [0.1, 0.15) is 101 Å². The van der Waals surface area contributed by atoms with Gasteiger partial charge in [0.05, 0.1) is 18.1 Å². The van der Waals surface area contributed by atoms with Gasteiger partial charge in [-0.25, -0.2) is 0 Å². The molecule has 9 heteroatoms. The molecule has 0 spiro atoms. The van der Waals surface area contributed by atoms with Crippen molar-refractivity contribution in [3.63, 3.8) is 0 Å². The molecular formula is C28H49N3O6. The molecule has 0 heterocycles. The summed E-state index contributed by atoms with van der Waals surface area (Å²) < 4.78 is 0. The van der Waals surface area contributed by atoms with Crippen LogP contribution in [0, 0.1) is 17.8 Å². The van der Waals surface area contributed by atoms with Gasteiger partial charge in [0.15, 0.2) is 17.3 Å². The van der Waals surface area contributed by atoms with Crippen LogP contribution in [0.5, 0.6) is 0 Å². The Morgan fingerprint density at radius 1 is 0.514 bits per heavy atom. The Hall–Kier alpha value is -2.42. The number of Topliss-reactive ketones (excluding diaryl/α,β-unsaturated/α-hetero) is 4. The number of nitrogens with one attached hydrogen (secondary N) is 3. The highest BCUT2D eigenvalue weighted by molar-refractivity contribution is 5.93. The molecule has 0 saturated carbocycles. The fraction of sp³-hybridized carbons (Fsp3) is 0.786. The first kappa shape index (κ1) is 34.6. The number of rotatable bonds is 19. The van der Waals surface area contributed by atoms with Crippen LogP contribution in [-0.4, -0.2) is 59.1 Å². The van der Waals surface area contributed by atoms with Gasteiger partial charge in [0, 0.05) is 43.1 Å². The fourth-order valence-electron chi connectivity index (χ4n) is 3.92. The van der Waals surface area contributed by atoms with E-state index in [-0.39, 0.29) is 84.9 Å². The molecule has 3 unspecified atom stereocenters. The Kier molecular flexibility index (Phi) is 16.0. The molecule has 9 nitrogen and oxygen atoms in total. The van der Waals surface area contributed by atoms with Crippen LogP contribution in [0.15, 0.2) is 0 Å². The van der Waals surface area contributed by atoms with E-state index in [1.54, 1.807) is 27.7 Å². The Labute approximate surface area is 222 Å². The van der Waals surface area contributed by atoms with Crippen molar-refractivity contribution >= 4 is 34.9 Å². The monoisotopic (exact) mass is 523 g/mol. The van der Waals surface area contributed by atoms with Crippen molar-refractivity contribution < 1.29 is 28.8 Å². The lowest BCUT2D eigenvalue weighted by molar-refractivity contribution is -0.131. The van der Waals surface area contributed by atoms with Crippen molar-refractivity contribution in [1.82, 2.24) is 16.0 Å². The number of amides is 2. The average Bonchev–Trinajstić information content (AvgIpc) is 2.79. The minimum Gasteiger partial charge on any atom is -0.346 e. The molecule has 0 aliphatic rings. The third-order valence-corrected chi connectivity index (χ3v) is 6.05. The van der Waals surface area contributed by atoms with Gasteiger partial charge in [-0.3, -0.25) is 24.0 Å². The Bertz CT molecular complexity index is 804. The summed E-state index contributed by atoms with van der Waals surface area (Å²) in [6.07, 6.45) is 0.799. The SMILES string of the molecule is CC(=O)CCC(NC(=O)CCC(NC(=O)CCC(NC(C)C)C(=O)C(C)C)C(=O)C(C)C)C(=O)C(C)C. The maximum Gasteiger partial charge on any atom is 0.220 e. The predicted octanol–water partition coefficient (Wildman–Crippen LogP) is 2.93. The number of carbonyl (C=O) groups excluding carboxylic acids is 6. The Balaban J connectivity index is 5.22. The van der Waals surface area contributed by atoms with Crippen LogP contribution < -0.4 is 16.0 Å². The average molecular weight is 524 g/mol. The van der Waals surface area contributed by atoms with Crippen LogP contribution in [0.3, 0.4) is 0 Å². The minimum absolute atomic E-state index is 0.0308. The summed E-state index contributed by atoms with van der Waals surface area (Å²) in [5.74, 6) is -1.98. The van der Waals surface area contributed by atoms with Gasteiger partial charge in [0.25, 0.3) is 0 Å². The topological polar surface area (TPSA) is 139 Å². The summed E-state index contributed by atoms with van der Waals surface area (Å²) in [5.41, 5.74) is 0. The van der Waals surface area contributed by atoms with Crippen molar-refractivity contribution in [2.24, 2.45) is 17.8 Å². The standard InChI is InChI=1S/C28H49N3O6/c1-16(2)26(35)21(29-19(7)8)12-14-24(33)31-23(28(37)18(5)6)13-15-25(34)30-22(11-10-20(9)32)27(36)17(3)4/h16-19,21-23,29H,10-15H2,1-9H3,(H,30,34)(H,31,33). The summed E-state index contributed by atoms with van der Waals surface area (Å²) in [6, 6.07) is -2.01. The van der Waals surface area contributed by atoms with Crippen LogP contribution in [0.25, 0.3) is 0 Å². The van der Waals surface area contributed by atoms with E-state index in [1.165, 1.54) is 6.92 Å². The largest absolute Gasteiger partial charge is 0.346 e. The van der Waals surface area contributed by atoms with E-state index in [0.29, 0.717) is 6.42 Å². The van der Waals surface area contributed by atoms with E-state index < -0.39 is 24.0 Å². The molecule has 0 aromatic carbocycles. The highest BCUT2D eigenvalue weighted by Gasteiger charge is 2.28. The van der Waals surface area contributed by atoms with Gasteiger partial charge in [0.1, 0.15) is 5.78 Å². The zero-order valence-corrected chi connectivity index (χ0v) is 24.2. The van der Waals surface area contributed by atoms with Crippen LogP contribution in [0.4, 0.5) is 0 Å². The van der Waals surface area contributed by atoms with Gasteiger partial charge in [-0.2, -0.15) is 0 Å². The molecule has 0 aromatic rings. The molecule has 37 heavy (non-hydrogen) atoms. The molecule has 0 aliphatic heterocycles. The second-order valence-corrected chi connectivity index (χ2v) is 11.1. The number of ketones is 4. The first-order valence-corrected chi connectivity index (χ1v) is 13.5. The highest BCUT2D eigenvalue weighted by Crippen LogP contribution is 2.12. The quantitative estimate of drug-likeness (QED) is 0.237. The van der Waals surface area contributed by atoms with Crippen LogP contribution >= 0.6 is 0 Å². The second-order valence-electron chi connectivity index (χ2n) is 11.1. The molecule has 0 rings (SSSR count). The van der Waals surface area contributed by atoms with Crippen molar-refractivity contribution in [2.45, 2.75) is 125 Å². The minimum atomic E-state index is -0.855. The van der Waals surface area contributed by atoms with E-state index in [2.05, 4.69) is 16.0 Å². The molecular weight excluding hydrogens is 474 g/mol. The van der Waals surface area contributed by atoms with E-state index in [1.807, 2.05) is 27.7 Å². The first-order chi connectivity index (χ1) is 17.1. The predicted molar refractivity (Wildman–Crippen MR) is 144 cm³/mol. The molecule has 0 aliphatic carbocycles. The lowest BCUT2D eigenvalue weighted by Gasteiger charge is -2.23. The number of hydrogen-bond acceptors (Lipinski definition) is 7. The molecule has 212 valence electrons. The lowest BCUT2D eigenvalue weighted by atomic mass is 9.95. The van der Waals surface area contributed by atoms with Crippen molar-refractivity contribution in [3.8, 4) is 0 Å². The van der Waals surface area contributed by atoms with Crippen molar-refractivity contribution in [2.75, 3.05) is 0 Å². The number of hydrogen-bond donors (Lipinski definition) is 3. The van der Waals surface area contributed by atoms with E-state index >= 15 is 0 Å². The molecule has 0 aromatic heterocycles. The van der Waals surface area contributed by atoms with E-state index in [0.717, 1.165) is 0 Å². The second kappa shape index (κ2) is 17.2. The highest BCUT2D eigenvalue weighted by atomic mass is 16.2. The Morgan fingerprint density at radius 2 is 0.838 bits per heavy atom. The third kappa shape index (κ3) is 14.2. The van der Waals surface area contributed by atoms with E-state index in [9.17, 15) is 28.8 Å². The lowest BCUT2D eigenvalue weighted by Crippen LogP contribution is -2.46. The molecule has 0 fully saturated rings. The molecule has 0 bridgehead atoms. The molecule has 3 N–H and O–H groups in total. The van der Waals surface area contributed by atoms with Crippen LogP contribution in [-0.2, 0) is 28.8 Å². The van der Waals surface area contributed by atoms with Gasteiger partial charge in [0.2, 0.25) is 11.8 Å². The maximum atomic E-state index is 12.8. The third-order valence-electron chi connectivity index (χ3n) is 6.05. The van der Waals surface area contributed by atoms with Gasteiger partial charge in [-0.05, 0) is 26.2 Å². The smallest absolute Gasteiger partial charge is 0.220 e. The summed E-state index contributed by atoms with van der Waals surface area (Å²) in [7, 11) is 0. The summed E-state index contributed by atoms with van der Waals surface area (Å²) in [5, 5.41) is 8.65. The summed E-state index contributed by atoms with van der Waals surface area (Å²) in [4.78, 5) is 74.5. The zero-order valence-electron chi connectivity index (χ0n) is 24.2. The van der Waals surface area contributed by atoms with Gasteiger partial charge in [-0.15, -0.1) is 0 Å². The van der Waals surface area contributed by atoms with Crippen molar-refractivity contribution in [3.05, 3.63) is 0 Å². The van der Waals surface area contributed by atoms with Gasteiger partial charge < -0.3 is 20.7 Å². The van der Waals surface area contributed by atoms with Crippen molar-refractivity contribution in [1.29, 1.82) is 0 Å². The number of carbonyl (C=O) groups is 6. The molecule has 0 radical (unpaired) electrons.